The second-order valence-corrected chi connectivity index (χ2v) is 3.38. The van der Waals surface area contributed by atoms with Crippen LogP contribution in [0.1, 0.15) is 0 Å². The predicted octanol–water partition coefficient (Wildman–Crippen LogP) is 1.47. The van der Waals surface area contributed by atoms with Crippen molar-refractivity contribution < 1.29 is 4.74 Å². The molecule has 3 N–H and O–H groups in total. The van der Waals surface area contributed by atoms with Crippen LogP contribution in [0.4, 0.5) is 5.69 Å². The molecular formula is C9H11ClN2O. The van der Waals surface area contributed by atoms with Gasteiger partial charge in [0, 0.05) is 6.54 Å². The summed E-state index contributed by atoms with van der Waals surface area (Å²) in [6.07, 6.45) is 0.0207. The Balaban J connectivity index is 2.32. The minimum absolute atomic E-state index is 0.0207. The van der Waals surface area contributed by atoms with E-state index in [9.17, 15) is 0 Å². The van der Waals surface area contributed by atoms with Gasteiger partial charge in [-0.3, -0.25) is 0 Å². The van der Waals surface area contributed by atoms with Gasteiger partial charge in [0.25, 0.3) is 0 Å². The molecule has 0 saturated carbocycles. The van der Waals surface area contributed by atoms with Crippen LogP contribution < -0.4 is 15.8 Å². The largest absolute Gasteiger partial charge is 0.484 e. The van der Waals surface area contributed by atoms with Gasteiger partial charge in [0.2, 0.25) is 0 Å². The molecule has 70 valence electrons. The topological polar surface area (TPSA) is 47.3 Å². The molecule has 0 fully saturated rings. The van der Waals surface area contributed by atoms with Crippen LogP contribution in [0.15, 0.2) is 18.2 Å². The van der Waals surface area contributed by atoms with Gasteiger partial charge in [-0.1, -0.05) is 17.7 Å². The number of halogens is 1. The Morgan fingerprint density at radius 2 is 2.46 bits per heavy atom. The first kappa shape index (κ1) is 8.66. The van der Waals surface area contributed by atoms with Crippen molar-refractivity contribution in [3.05, 3.63) is 23.2 Å². The zero-order valence-corrected chi connectivity index (χ0v) is 7.84. The van der Waals surface area contributed by atoms with Crippen molar-refractivity contribution in [3.8, 4) is 5.75 Å². The molecule has 0 amide bonds. The highest BCUT2D eigenvalue weighted by molar-refractivity contribution is 6.32. The normalized spacial score (nSPS) is 20.0. The second kappa shape index (κ2) is 3.44. The van der Waals surface area contributed by atoms with E-state index < -0.39 is 0 Å². The molecule has 0 spiro atoms. The summed E-state index contributed by atoms with van der Waals surface area (Å²) in [6, 6.07) is 5.63. The number of nitrogens with one attached hydrogen (secondary N) is 1. The summed E-state index contributed by atoms with van der Waals surface area (Å²) in [7, 11) is 0. The van der Waals surface area contributed by atoms with Gasteiger partial charge in [0.05, 0.1) is 17.3 Å². The first-order valence-corrected chi connectivity index (χ1v) is 4.58. The number of ether oxygens (including phenoxy) is 1. The van der Waals surface area contributed by atoms with Crippen LogP contribution in [0, 0.1) is 0 Å². The predicted molar refractivity (Wildman–Crippen MR) is 53.4 cm³/mol. The Labute approximate surface area is 81.8 Å². The maximum atomic E-state index is 5.96. The number of nitrogens with two attached hydrogens (primary N) is 1. The summed E-state index contributed by atoms with van der Waals surface area (Å²) in [6.45, 7) is 1.24. The van der Waals surface area contributed by atoms with Crippen LogP contribution in [0.25, 0.3) is 0 Å². The van der Waals surface area contributed by atoms with Gasteiger partial charge in [0.1, 0.15) is 6.10 Å². The monoisotopic (exact) mass is 198 g/mol. The highest BCUT2D eigenvalue weighted by Crippen LogP contribution is 2.35. The van der Waals surface area contributed by atoms with Crippen molar-refractivity contribution in [1.82, 2.24) is 0 Å². The first-order valence-electron chi connectivity index (χ1n) is 4.20. The minimum atomic E-state index is 0.0207. The molecular weight excluding hydrogens is 188 g/mol. The molecule has 13 heavy (non-hydrogen) atoms. The Hall–Kier alpha value is -0.930. The van der Waals surface area contributed by atoms with Crippen molar-refractivity contribution in [3.63, 3.8) is 0 Å². The number of para-hydroxylation sites is 1. The zero-order valence-electron chi connectivity index (χ0n) is 7.09. The van der Waals surface area contributed by atoms with E-state index >= 15 is 0 Å². The lowest BCUT2D eigenvalue weighted by Gasteiger charge is -2.26. The highest BCUT2D eigenvalue weighted by Gasteiger charge is 2.19. The molecule has 1 aliphatic rings. The Bertz CT molecular complexity index is 316. The van der Waals surface area contributed by atoms with E-state index in [1.54, 1.807) is 6.07 Å². The van der Waals surface area contributed by atoms with Crippen molar-refractivity contribution in [2.24, 2.45) is 5.73 Å². The van der Waals surface area contributed by atoms with Gasteiger partial charge in [-0.2, -0.15) is 0 Å². The molecule has 1 aromatic rings. The number of hydrogen-bond acceptors (Lipinski definition) is 3. The van der Waals surface area contributed by atoms with E-state index in [1.165, 1.54) is 0 Å². The number of benzene rings is 1. The van der Waals surface area contributed by atoms with Crippen LogP contribution in [-0.2, 0) is 0 Å². The second-order valence-electron chi connectivity index (χ2n) is 2.97. The van der Waals surface area contributed by atoms with E-state index in [2.05, 4.69) is 5.32 Å². The molecule has 0 bridgehead atoms. The molecule has 0 aliphatic carbocycles. The average Bonchev–Trinajstić information content (AvgIpc) is 2.18. The van der Waals surface area contributed by atoms with Crippen molar-refractivity contribution in [1.29, 1.82) is 0 Å². The third-order valence-electron chi connectivity index (χ3n) is 2.03. The van der Waals surface area contributed by atoms with E-state index in [0.717, 1.165) is 12.2 Å². The van der Waals surface area contributed by atoms with Gasteiger partial charge < -0.3 is 15.8 Å². The standard InChI is InChI=1S/C9H11ClN2O/c10-7-2-1-3-8-9(7)13-6(4-11)5-12-8/h1-3,6,12H,4-5,11H2. The molecule has 1 unspecified atom stereocenters. The van der Waals surface area contributed by atoms with Crippen LogP contribution in [0.5, 0.6) is 5.75 Å². The summed E-state index contributed by atoms with van der Waals surface area (Å²) in [4.78, 5) is 0. The highest BCUT2D eigenvalue weighted by atomic mass is 35.5. The minimum Gasteiger partial charge on any atom is -0.484 e. The maximum absolute atomic E-state index is 5.96. The van der Waals surface area contributed by atoms with Crippen molar-refractivity contribution in [2.75, 3.05) is 18.4 Å². The average molecular weight is 199 g/mol. The van der Waals surface area contributed by atoms with E-state index in [4.69, 9.17) is 22.1 Å². The maximum Gasteiger partial charge on any atom is 0.161 e. The molecule has 3 nitrogen and oxygen atoms in total. The van der Waals surface area contributed by atoms with Crippen molar-refractivity contribution in [2.45, 2.75) is 6.10 Å². The third-order valence-corrected chi connectivity index (χ3v) is 2.33. The quantitative estimate of drug-likeness (QED) is 0.719. The molecule has 1 heterocycles. The Kier molecular flexibility index (Phi) is 2.29. The summed E-state index contributed by atoms with van der Waals surface area (Å²) in [5.74, 6) is 0.714. The fraction of sp³-hybridized carbons (Fsp3) is 0.333. The molecule has 0 radical (unpaired) electrons. The fourth-order valence-electron chi connectivity index (χ4n) is 1.33. The Morgan fingerprint density at radius 3 is 3.23 bits per heavy atom. The van der Waals surface area contributed by atoms with Gasteiger partial charge >= 0.3 is 0 Å². The van der Waals surface area contributed by atoms with Crippen LogP contribution in [0.3, 0.4) is 0 Å². The van der Waals surface area contributed by atoms with E-state index in [0.29, 0.717) is 17.3 Å². The molecule has 1 aliphatic heterocycles. The lowest BCUT2D eigenvalue weighted by Crippen LogP contribution is -2.37. The Morgan fingerprint density at radius 1 is 1.62 bits per heavy atom. The molecule has 4 heteroatoms. The molecule has 2 rings (SSSR count). The number of rotatable bonds is 1. The number of anilines is 1. The molecule has 1 aromatic carbocycles. The zero-order chi connectivity index (χ0) is 9.26. The number of hydrogen-bond donors (Lipinski definition) is 2. The van der Waals surface area contributed by atoms with Crippen molar-refractivity contribution >= 4 is 17.3 Å². The van der Waals surface area contributed by atoms with Crippen LogP contribution >= 0.6 is 11.6 Å². The summed E-state index contributed by atoms with van der Waals surface area (Å²) >= 11 is 5.96. The molecule has 0 aromatic heterocycles. The molecule has 1 atom stereocenters. The SMILES string of the molecule is NCC1CNc2cccc(Cl)c2O1. The fourth-order valence-corrected chi connectivity index (χ4v) is 1.55. The summed E-state index contributed by atoms with van der Waals surface area (Å²) in [5.41, 5.74) is 6.44. The summed E-state index contributed by atoms with van der Waals surface area (Å²) < 4.78 is 5.59. The first-order chi connectivity index (χ1) is 6.31. The lowest BCUT2D eigenvalue weighted by atomic mass is 10.2. The van der Waals surface area contributed by atoms with E-state index in [-0.39, 0.29) is 6.10 Å². The lowest BCUT2D eigenvalue weighted by molar-refractivity contribution is 0.214. The van der Waals surface area contributed by atoms with Gasteiger partial charge in [0.15, 0.2) is 5.75 Å². The number of fused-ring (bicyclic) bond motifs is 1. The summed E-state index contributed by atoms with van der Waals surface area (Å²) in [5, 5.41) is 3.84. The van der Waals surface area contributed by atoms with Gasteiger partial charge in [-0.05, 0) is 12.1 Å². The smallest absolute Gasteiger partial charge is 0.161 e. The third kappa shape index (κ3) is 1.57. The van der Waals surface area contributed by atoms with E-state index in [1.807, 2.05) is 12.1 Å². The molecule has 0 saturated heterocycles. The van der Waals surface area contributed by atoms with Gasteiger partial charge in [-0.25, -0.2) is 0 Å². The van der Waals surface area contributed by atoms with Crippen LogP contribution in [0.2, 0.25) is 5.02 Å². The van der Waals surface area contributed by atoms with Crippen LogP contribution in [-0.4, -0.2) is 19.2 Å². The van der Waals surface area contributed by atoms with Gasteiger partial charge in [-0.15, -0.1) is 0 Å².